The van der Waals surface area contributed by atoms with Crippen LogP contribution in [0.1, 0.15) is 50.9 Å². The minimum atomic E-state index is -0.879. The fourth-order valence-corrected chi connectivity index (χ4v) is 2.37. The van der Waals surface area contributed by atoms with Crippen LogP contribution in [0.4, 0.5) is 5.69 Å². The minimum absolute atomic E-state index is 0.320. The Morgan fingerprint density at radius 2 is 1.63 bits per heavy atom. The molecule has 0 amide bonds. The van der Waals surface area contributed by atoms with Gasteiger partial charge in [0.2, 0.25) is 0 Å². The van der Waals surface area contributed by atoms with E-state index >= 15 is 0 Å². The Bertz CT molecular complexity index is 403. The lowest BCUT2D eigenvalue weighted by molar-refractivity contribution is 0.0698. The number of rotatable bonds is 7. The third-order valence-electron chi connectivity index (χ3n) is 3.03. The standard InChI is InChI=1S/C16H25NO2/c1-11(2)9-13(10-12(3)4)17-15-8-6-5-7-14(15)16(18)19/h5-8,11-13,17H,9-10H2,1-4H3,(H,18,19). The maximum Gasteiger partial charge on any atom is 0.337 e. The lowest BCUT2D eigenvalue weighted by Gasteiger charge is -2.24. The van der Waals surface area contributed by atoms with E-state index < -0.39 is 5.97 Å². The summed E-state index contributed by atoms with van der Waals surface area (Å²) in [4.78, 5) is 11.2. The molecule has 0 fully saturated rings. The van der Waals surface area contributed by atoms with Crippen molar-refractivity contribution >= 4 is 11.7 Å². The Kier molecular flexibility index (Phi) is 5.87. The molecule has 0 atom stereocenters. The topological polar surface area (TPSA) is 49.3 Å². The van der Waals surface area contributed by atoms with Crippen molar-refractivity contribution in [2.75, 3.05) is 5.32 Å². The van der Waals surface area contributed by atoms with E-state index in [1.165, 1.54) is 0 Å². The molecule has 0 aromatic heterocycles. The van der Waals surface area contributed by atoms with Crippen LogP contribution in [0, 0.1) is 11.8 Å². The Morgan fingerprint density at radius 1 is 1.11 bits per heavy atom. The van der Waals surface area contributed by atoms with Gasteiger partial charge in [-0.3, -0.25) is 0 Å². The number of carboxylic acids is 1. The summed E-state index contributed by atoms with van der Waals surface area (Å²) in [5.74, 6) is 0.303. The summed E-state index contributed by atoms with van der Waals surface area (Å²) >= 11 is 0. The van der Waals surface area contributed by atoms with E-state index in [2.05, 4.69) is 33.0 Å². The van der Waals surface area contributed by atoms with Crippen molar-refractivity contribution < 1.29 is 9.90 Å². The van der Waals surface area contributed by atoms with E-state index in [-0.39, 0.29) is 0 Å². The Morgan fingerprint density at radius 3 is 2.11 bits per heavy atom. The molecule has 19 heavy (non-hydrogen) atoms. The molecule has 0 spiro atoms. The molecule has 1 aromatic rings. The fraction of sp³-hybridized carbons (Fsp3) is 0.562. The van der Waals surface area contributed by atoms with Crippen LogP contribution in [-0.4, -0.2) is 17.1 Å². The first kappa shape index (κ1) is 15.5. The van der Waals surface area contributed by atoms with Crippen LogP contribution in [-0.2, 0) is 0 Å². The second-order valence-corrected chi connectivity index (χ2v) is 5.95. The largest absolute Gasteiger partial charge is 0.478 e. The SMILES string of the molecule is CC(C)CC(CC(C)C)Nc1ccccc1C(=O)O. The molecular weight excluding hydrogens is 238 g/mol. The lowest BCUT2D eigenvalue weighted by Crippen LogP contribution is -2.24. The average molecular weight is 263 g/mol. The van der Waals surface area contributed by atoms with E-state index in [4.69, 9.17) is 0 Å². The number of carbonyl (C=O) groups is 1. The Labute approximate surface area is 116 Å². The van der Waals surface area contributed by atoms with Crippen LogP contribution in [0.25, 0.3) is 0 Å². The maximum absolute atomic E-state index is 11.2. The number of anilines is 1. The number of hydrogen-bond acceptors (Lipinski definition) is 2. The molecule has 3 heteroatoms. The number of benzene rings is 1. The van der Waals surface area contributed by atoms with Crippen molar-refractivity contribution in [2.45, 2.75) is 46.6 Å². The Balaban J connectivity index is 2.86. The molecule has 0 saturated carbocycles. The molecule has 106 valence electrons. The first-order valence-electron chi connectivity index (χ1n) is 6.99. The molecule has 2 N–H and O–H groups in total. The van der Waals surface area contributed by atoms with Gasteiger partial charge in [0, 0.05) is 11.7 Å². The van der Waals surface area contributed by atoms with Crippen molar-refractivity contribution in [3.05, 3.63) is 29.8 Å². The van der Waals surface area contributed by atoms with Gasteiger partial charge in [0.05, 0.1) is 5.56 Å². The van der Waals surface area contributed by atoms with Crippen LogP contribution in [0.2, 0.25) is 0 Å². The minimum Gasteiger partial charge on any atom is -0.478 e. The second-order valence-electron chi connectivity index (χ2n) is 5.95. The summed E-state index contributed by atoms with van der Waals surface area (Å²) in [5, 5.41) is 12.6. The van der Waals surface area contributed by atoms with Gasteiger partial charge in [0.25, 0.3) is 0 Å². The maximum atomic E-state index is 11.2. The summed E-state index contributed by atoms with van der Waals surface area (Å²) in [6, 6.07) is 7.44. The van der Waals surface area contributed by atoms with Gasteiger partial charge in [-0.25, -0.2) is 4.79 Å². The number of nitrogens with one attached hydrogen (secondary N) is 1. The summed E-state index contributed by atoms with van der Waals surface area (Å²) in [7, 11) is 0. The van der Waals surface area contributed by atoms with Crippen LogP contribution < -0.4 is 5.32 Å². The molecule has 0 aliphatic heterocycles. The van der Waals surface area contributed by atoms with Crippen molar-refractivity contribution in [2.24, 2.45) is 11.8 Å². The summed E-state index contributed by atoms with van der Waals surface area (Å²) in [6.07, 6.45) is 2.10. The number of para-hydroxylation sites is 1. The van der Waals surface area contributed by atoms with E-state index in [0.29, 0.717) is 23.4 Å². The molecule has 1 rings (SSSR count). The summed E-state index contributed by atoms with van der Waals surface area (Å²) < 4.78 is 0. The van der Waals surface area contributed by atoms with Gasteiger partial charge in [0.1, 0.15) is 0 Å². The van der Waals surface area contributed by atoms with Gasteiger partial charge in [-0.1, -0.05) is 39.8 Å². The predicted molar refractivity (Wildman–Crippen MR) is 79.7 cm³/mol. The highest BCUT2D eigenvalue weighted by Gasteiger charge is 2.16. The zero-order valence-corrected chi connectivity index (χ0v) is 12.3. The van der Waals surface area contributed by atoms with Crippen LogP contribution in [0.5, 0.6) is 0 Å². The van der Waals surface area contributed by atoms with E-state index in [1.54, 1.807) is 12.1 Å². The fourth-order valence-electron chi connectivity index (χ4n) is 2.37. The molecule has 0 radical (unpaired) electrons. The van der Waals surface area contributed by atoms with Crippen molar-refractivity contribution in [1.82, 2.24) is 0 Å². The molecular formula is C16H25NO2. The molecule has 0 unspecified atom stereocenters. The second kappa shape index (κ2) is 7.17. The molecule has 3 nitrogen and oxygen atoms in total. The van der Waals surface area contributed by atoms with Crippen molar-refractivity contribution in [1.29, 1.82) is 0 Å². The summed E-state index contributed by atoms with van der Waals surface area (Å²) in [5.41, 5.74) is 1.07. The first-order valence-corrected chi connectivity index (χ1v) is 6.99. The van der Waals surface area contributed by atoms with Gasteiger partial charge in [-0.05, 0) is 36.8 Å². The lowest BCUT2D eigenvalue weighted by atomic mass is 9.95. The monoisotopic (exact) mass is 263 g/mol. The van der Waals surface area contributed by atoms with Gasteiger partial charge < -0.3 is 10.4 Å². The van der Waals surface area contributed by atoms with E-state index in [1.807, 2.05) is 12.1 Å². The molecule has 1 aromatic carbocycles. The average Bonchev–Trinajstić information content (AvgIpc) is 2.27. The van der Waals surface area contributed by atoms with E-state index in [0.717, 1.165) is 18.5 Å². The van der Waals surface area contributed by atoms with Crippen LogP contribution in [0.3, 0.4) is 0 Å². The van der Waals surface area contributed by atoms with Gasteiger partial charge in [-0.15, -0.1) is 0 Å². The molecule has 0 aliphatic carbocycles. The van der Waals surface area contributed by atoms with Gasteiger partial charge >= 0.3 is 5.97 Å². The smallest absolute Gasteiger partial charge is 0.337 e. The first-order chi connectivity index (χ1) is 8.90. The predicted octanol–water partition coefficient (Wildman–Crippen LogP) is 4.26. The normalized spacial score (nSPS) is 11.3. The molecule has 0 aliphatic rings. The van der Waals surface area contributed by atoms with Gasteiger partial charge in [-0.2, -0.15) is 0 Å². The van der Waals surface area contributed by atoms with Crippen molar-refractivity contribution in [3.8, 4) is 0 Å². The highest BCUT2D eigenvalue weighted by atomic mass is 16.4. The Hall–Kier alpha value is -1.51. The van der Waals surface area contributed by atoms with Crippen molar-refractivity contribution in [3.63, 3.8) is 0 Å². The van der Waals surface area contributed by atoms with Crippen LogP contribution in [0.15, 0.2) is 24.3 Å². The number of carboxylic acid groups (broad SMARTS) is 1. The number of aromatic carboxylic acids is 1. The molecule has 0 heterocycles. The molecule has 0 bridgehead atoms. The highest BCUT2D eigenvalue weighted by Crippen LogP contribution is 2.21. The third kappa shape index (κ3) is 5.33. The molecule has 0 saturated heterocycles. The quantitative estimate of drug-likeness (QED) is 0.773. The zero-order valence-electron chi connectivity index (χ0n) is 12.3. The van der Waals surface area contributed by atoms with Gasteiger partial charge in [0.15, 0.2) is 0 Å². The number of hydrogen-bond donors (Lipinski definition) is 2. The third-order valence-corrected chi connectivity index (χ3v) is 3.03. The summed E-state index contributed by atoms with van der Waals surface area (Å²) in [6.45, 7) is 8.77. The van der Waals surface area contributed by atoms with Crippen LogP contribution >= 0.6 is 0 Å². The highest BCUT2D eigenvalue weighted by molar-refractivity contribution is 5.94. The zero-order chi connectivity index (χ0) is 14.4. The van der Waals surface area contributed by atoms with E-state index in [9.17, 15) is 9.90 Å².